The number of rotatable bonds is 5. The SMILES string of the molecule is COCOc1c(B2OC(C)(C)C(C)(C)O2)cc(C(C)(C)C)cc1C1(C)CC2CC(C)CC(C2)C1. The molecule has 3 aliphatic rings. The third kappa shape index (κ3) is 4.82. The first-order valence-electron chi connectivity index (χ1n) is 13.3. The average molecular weight is 471 g/mol. The molecule has 1 aromatic rings. The average Bonchev–Trinajstić information content (AvgIpc) is 2.90. The molecule has 5 heteroatoms. The zero-order valence-corrected chi connectivity index (χ0v) is 23.3. The first-order chi connectivity index (χ1) is 15.6. The molecule has 34 heavy (non-hydrogen) atoms. The maximum Gasteiger partial charge on any atom is 0.498 e. The summed E-state index contributed by atoms with van der Waals surface area (Å²) in [6.45, 7) is 20.4. The normalized spacial score (nSPS) is 32.6. The van der Waals surface area contributed by atoms with E-state index in [9.17, 15) is 0 Å². The number of methoxy groups -OCH3 is 1. The van der Waals surface area contributed by atoms with Crippen LogP contribution in [0.25, 0.3) is 0 Å². The van der Waals surface area contributed by atoms with Gasteiger partial charge in [0.05, 0.1) is 11.2 Å². The summed E-state index contributed by atoms with van der Waals surface area (Å²) in [7, 11) is 1.22. The molecule has 190 valence electrons. The summed E-state index contributed by atoms with van der Waals surface area (Å²) in [5, 5.41) is 0. The van der Waals surface area contributed by atoms with Crippen molar-refractivity contribution in [3.8, 4) is 5.75 Å². The van der Waals surface area contributed by atoms with Crippen molar-refractivity contribution in [1.82, 2.24) is 0 Å². The quantitative estimate of drug-likeness (QED) is 0.370. The van der Waals surface area contributed by atoms with Crippen LogP contribution < -0.4 is 10.2 Å². The van der Waals surface area contributed by atoms with Crippen molar-refractivity contribution in [1.29, 1.82) is 0 Å². The molecule has 4 nitrogen and oxygen atoms in total. The zero-order chi connectivity index (χ0) is 25.1. The van der Waals surface area contributed by atoms with E-state index >= 15 is 0 Å². The molecule has 1 saturated heterocycles. The minimum Gasteiger partial charge on any atom is -0.468 e. The molecule has 2 unspecified atom stereocenters. The van der Waals surface area contributed by atoms with Crippen LogP contribution in [0.2, 0.25) is 0 Å². The second kappa shape index (κ2) is 8.82. The van der Waals surface area contributed by atoms with E-state index in [-0.39, 0.29) is 17.6 Å². The Labute approximate surface area is 208 Å². The lowest BCUT2D eigenvalue weighted by Gasteiger charge is -2.48. The highest BCUT2D eigenvalue weighted by molar-refractivity contribution is 6.63. The van der Waals surface area contributed by atoms with Gasteiger partial charge >= 0.3 is 7.12 Å². The molecule has 4 rings (SSSR count). The van der Waals surface area contributed by atoms with Crippen LogP contribution in [-0.4, -0.2) is 32.2 Å². The molecule has 0 N–H and O–H groups in total. The lowest BCUT2D eigenvalue weighted by atomic mass is 9.56. The van der Waals surface area contributed by atoms with Crippen molar-refractivity contribution in [2.24, 2.45) is 17.8 Å². The minimum atomic E-state index is -0.468. The van der Waals surface area contributed by atoms with Gasteiger partial charge in [-0.1, -0.05) is 46.8 Å². The van der Waals surface area contributed by atoms with E-state index in [0.717, 1.165) is 29.0 Å². The van der Waals surface area contributed by atoms with E-state index in [1.54, 1.807) is 7.11 Å². The highest BCUT2D eigenvalue weighted by Gasteiger charge is 2.53. The largest absolute Gasteiger partial charge is 0.498 e. The van der Waals surface area contributed by atoms with E-state index in [2.05, 4.69) is 74.4 Å². The Balaban J connectivity index is 1.86. The van der Waals surface area contributed by atoms with Crippen molar-refractivity contribution in [3.63, 3.8) is 0 Å². The molecule has 2 aliphatic carbocycles. The van der Waals surface area contributed by atoms with E-state index in [1.165, 1.54) is 43.2 Å². The Hall–Kier alpha value is -1.04. The minimum absolute atomic E-state index is 0.00232. The van der Waals surface area contributed by atoms with Gasteiger partial charge in [-0.3, -0.25) is 0 Å². The molecule has 3 fully saturated rings. The van der Waals surface area contributed by atoms with Crippen molar-refractivity contribution in [2.75, 3.05) is 13.9 Å². The predicted molar refractivity (Wildman–Crippen MR) is 140 cm³/mol. The Morgan fingerprint density at radius 3 is 2.00 bits per heavy atom. The number of fused-ring (bicyclic) bond motifs is 2. The van der Waals surface area contributed by atoms with Gasteiger partial charge in [-0.25, -0.2) is 0 Å². The number of hydrogen-bond donors (Lipinski definition) is 0. The van der Waals surface area contributed by atoms with Gasteiger partial charge in [0, 0.05) is 18.1 Å². The van der Waals surface area contributed by atoms with Crippen molar-refractivity contribution < 1.29 is 18.8 Å². The maximum atomic E-state index is 6.56. The van der Waals surface area contributed by atoms with Crippen molar-refractivity contribution in [2.45, 2.75) is 116 Å². The van der Waals surface area contributed by atoms with Gasteiger partial charge < -0.3 is 18.8 Å². The standard InChI is InChI=1S/C29H47BO4/c1-19-11-20-13-21(12-19)17-29(9,16-20)23-14-22(26(2,3)4)15-24(25(23)32-18-31-10)30-33-27(5,6)28(7,8)34-30/h14-15,19-21H,11-13,16-18H2,1-10H3. The van der Waals surface area contributed by atoms with E-state index in [4.69, 9.17) is 18.8 Å². The molecule has 0 radical (unpaired) electrons. The van der Waals surface area contributed by atoms with Crippen molar-refractivity contribution in [3.05, 3.63) is 23.3 Å². The lowest BCUT2D eigenvalue weighted by Crippen LogP contribution is -2.42. The lowest BCUT2D eigenvalue weighted by molar-refractivity contribution is 0.00578. The number of ether oxygens (including phenoxy) is 2. The molecular weight excluding hydrogens is 423 g/mol. The van der Waals surface area contributed by atoms with Gasteiger partial charge in [-0.2, -0.15) is 0 Å². The third-order valence-corrected chi connectivity index (χ3v) is 9.08. The van der Waals surface area contributed by atoms with Gasteiger partial charge in [-0.05, 0) is 93.9 Å². The molecule has 2 saturated carbocycles. The van der Waals surface area contributed by atoms with Gasteiger partial charge in [0.1, 0.15) is 5.75 Å². The Morgan fingerprint density at radius 2 is 1.50 bits per heavy atom. The first-order valence-corrected chi connectivity index (χ1v) is 13.3. The van der Waals surface area contributed by atoms with Crippen LogP contribution in [-0.2, 0) is 24.9 Å². The summed E-state index contributed by atoms with van der Waals surface area (Å²) in [4.78, 5) is 0. The summed E-state index contributed by atoms with van der Waals surface area (Å²) < 4.78 is 24.9. The molecule has 0 spiro atoms. The van der Waals surface area contributed by atoms with E-state index < -0.39 is 18.3 Å². The summed E-state index contributed by atoms with van der Waals surface area (Å²) in [6.07, 6.45) is 6.52. The molecule has 2 atom stereocenters. The van der Waals surface area contributed by atoms with Gasteiger partial charge in [-0.15, -0.1) is 0 Å². The second-order valence-electron chi connectivity index (χ2n) is 13.8. The van der Waals surface area contributed by atoms with Crippen LogP contribution in [0.15, 0.2) is 12.1 Å². The summed E-state index contributed by atoms with van der Waals surface area (Å²) in [6, 6.07) is 4.68. The summed E-state index contributed by atoms with van der Waals surface area (Å²) in [5.41, 5.74) is 2.88. The molecule has 1 aliphatic heterocycles. The summed E-state index contributed by atoms with van der Waals surface area (Å²) in [5.74, 6) is 3.34. The maximum absolute atomic E-state index is 6.56. The van der Waals surface area contributed by atoms with Gasteiger partial charge in [0.15, 0.2) is 6.79 Å². The molecule has 2 bridgehead atoms. The number of hydrogen-bond acceptors (Lipinski definition) is 4. The van der Waals surface area contributed by atoms with E-state index in [0.29, 0.717) is 0 Å². The molecule has 0 amide bonds. The van der Waals surface area contributed by atoms with E-state index in [1.807, 2.05) is 0 Å². The highest BCUT2D eigenvalue weighted by Crippen LogP contribution is 2.53. The second-order valence-corrected chi connectivity index (χ2v) is 13.8. The van der Waals surface area contributed by atoms with Crippen LogP contribution in [0, 0.1) is 17.8 Å². The summed E-state index contributed by atoms with van der Waals surface area (Å²) >= 11 is 0. The Kier molecular flexibility index (Phi) is 6.75. The zero-order valence-electron chi connectivity index (χ0n) is 23.3. The number of benzene rings is 1. The molecule has 1 heterocycles. The predicted octanol–water partition coefficient (Wildman–Crippen LogP) is 6.37. The highest BCUT2D eigenvalue weighted by atomic mass is 16.7. The monoisotopic (exact) mass is 470 g/mol. The van der Waals surface area contributed by atoms with Crippen LogP contribution >= 0.6 is 0 Å². The fourth-order valence-corrected chi connectivity index (χ4v) is 6.77. The molecule has 0 aromatic heterocycles. The van der Waals surface area contributed by atoms with Crippen LogP contribution in [0.1, 0.15) is 106 Å². The van der Waals surface area contributed by atoms with Gasteiger partial charge in [0.2, 0.25) is 0 Å². The van der Waals surface area contributed by atoms with Crippen LogP contribution in [0.3, 0.4) is 0 Å². The fraction of sp³-hybridized carbons (Fsp3) is 0.793. The Morgan fingerprint density at radius 1 is 0.941 bits per heavy atom. The molecular formula is C29H47BO4. The van der Waals surface area contributed by atoms with Gasteiger partial charge in [0.25, 0.3) is 0 Å². The smallest absolute Gasteiger partial charge is 0.468 e. The fourth-order valence-electron chi connectivity index (χ4n) is 6.77. The van der Waals surface area contributed by atoms with Crippen molar-refractivity contribution >= 4 is 12.6 Å². The van der Waals surface area contributed by atoms with Crippen LogP contribution in [0.4, 0.5) is 0 Å². The topological polar surface area (TPSA) is 36.9 Å². The molecule has 1 aromatic carbocycles. The van der Waals surface area contributed by atoms with Crippen LogP contribution in [0.5, 0.6) is 5.75 Å². The first kappa shape index (κ1) is 26.0. The third-order valence-electron chi connectivity index (χ3n) is 9.08. The Bertz CT molecular complexity index is 866.